The molecule has 3 N–H and O–H groups in total. The molecule has 10 heteroatoms. The minimum absolute atomic E-state index is 0.00771. The molecule has 2 aromatic carbocycles. The fraction of sp³-hybridized carbons (Fsp3) is 0.167. The number of carbonyl (C=O) groups is 2. The van der Waals surface area contributed by atoms with Crippen molar-refractivity contribution in [3.05, 3.63) is 50.4 Å². The molecule has 0 heterocycles. The molecular weight excluding hydrogens is 500 g/mol. The number of ether oxygens (including phenoxy) is 2. The number of hydrogen-bond acceptors (Lipinski definition) is 6. The SMILES string of the molecule is COc1cc(/C=N\NC(=O)c2cc(Br)c(O)c(Br)c2)ccc1O[C@H](C)C(=O)O. The van der Waals surface area contributed by atoms with E-state index in [1.54, 1.807) is 18.2 Å². The molecule has 1 amide bonds. The number of benzene rings is 2. The summed E-state index contributed by atoms with van der Waals surface area (Å²) in [5.74, 6) is -0.971. The molecule has 0 aliphatic heterocycles. The Morgan fingerprint density at radius 1 is 1.18 bits per heavy atom. The van der Waals surface area contributed by atoms with E-state index in [-0.39, 0.29) is 17.1 Å². The van der Waals surface area contributed by atoms with Gasteiger partial charge in [-0.25, -0.2) is 10.2 Å². The van der Waals surface area contributed by atoms with E-state index in [0.29, 0.717) is 20.3 Å². The summed E-state index contributed by atoms with van der Waals surface area (Å²) < 4.78 is 11.3. The van der Waals surface area contributed by atoms with Gasteiger partial charge in [-0.05, 0) is 74.7 Å². The molecule has 0 saturated carbocycles. The van der Waals surface area contributed by atoms with E-state index >= 15 is 0 Å². The van der Waals surface area contributed by atoms with E-state index in [9.17, 15) is 14.7 Å². The van der Waals surface area contributed by atoms with Crippen molar-refractivity contribution >= 4 is 50.0 Å². The Bertz CT molecular complexity index is 909. The van der Waals surface area contributed by atoms with Crippen molar-refractivity contribution in [1.82, 2.24) is 5.43 Å². The molecule has 1 atom stereocenters. The summed E-state index contributed by atoms with van der Waals surface area (Å²) in [6, 6.07) is 7.70. The Hall–Kier alpha value is -2.59. The molecule has 0 fully saturated rings. The van der Waals surface area contributed by atoms with E-state index < -0.39 is 18.0 Å². The van der Waals surface area contributed by atoms with Crippen molar-refractivity contribution in [2.24, 2.45) is 5.10 Å². The van der Waals surface area contributed by atoms with Crippen LogP contribution in [-0.2, 0) is 4.79 Å². The summed E-state index contributed by atoms with van der Waals surface area (Å²) in [6.45, 7) is 1.41. The normalized spacial score (nSPS) is 11.9. The molecule has 0 saturated heterocycles. The van der Waals surface area contributed by atoms with Gasteiger partial charge >= 0.3 is 5.97 Å². The molecule has 2 rings (SSSR count). The molecule has 28 heavy (non-hydrogen) atoms. The summed E-state index contributed by atoms with van der Waals surface area (Å²) >= 11 is 6.32. The standard InChI is InChI=1S/C18H16Br2N2O6/c1-9(18(25)26)28-14-4-3-10(5-15(14)27-2)8-21-22-17(24)11-6-12(19)16(23)13(20)7-11/h3-9,23H,1-2H3,(H,22,24)(H,25,26)/b21-8-/t9-/m1/s1. The molecule has 2 aromatic rings. The number of carboxylic acid groups (broad SMARTS) is 1. The van der Waals surface area contributed by atoms with Gasteiger partial charge in [0.05, 0.1) is 22.3 Å². The topological polar surface area (TPSA) is 117 Å². The third-order valence-corrected chi connectivity index (χ3v) is 4.71. The van der Waals surface area contributed by atoms with E-state index in [1.165, 1.54) is 32.4 Å². The number of hydrazone groups is 1. The van der Waals surface area contributed by atoms with Crippen LogP contribution >= 0.6 is 31.9 Å². The van der Waals surface area contributed by atoms with E-state index in [2.05, 4.69) is 42.4 Å². The second-order valence-corrected chi connectivity index (χ2v) is 7.20. The van der Waals surface area contributed by atoms with Crippen molar-refractivity contribution < 1.29 is 29.3 Å². The maximum absolute atomic E-state index is 12.2. The molecule has 0 aliphatic carbocycles. The third-order valence-electron chi connectivity index (χ3n) is 3.50. The number of carbonyl (C=O) groups excluding carboxylic acids is 1. The van der Waals surface area contributed by atoms with Crippen molar-refractivity contribution in [2.75, 3.05) is 7.11 Å². The molecule has 8 nitrogen and oxygen atoms in total. The van der Waals surface area contributed by atoms with Crippen LogP contribution in [0.2, 0.25) is 0 Å². The fourth-order valence-corrected chi connectivity index (χ4v) is 3.22. The van der Waals surface area contributed by atoms with Crippen LogP contribution in [0.5, 0.6) is 17.2 Å². The van der Waals surface area contributed by atoms with Gasteiger partial charge in [0.15, 0.2) is 17.6 Å². The van der Waals surface area contributed by atoms with Gasteiger partial charge < -0.3 is 19.7 Å². The van der Waals surface area contributed by atoms with Crippen LogP contribution in [0, 0.1) is 0 Å². The Labute approximate surface area is 177 Å². The maximum Gasteiger partial charge on any atom is 0.344 e. The number of aromatic hydroxyl groups is 1. The molecule has 148 valence electrons. The van der Waals surface area contributed by atoms with Gasteiger partial charge in [-0.3, -0.25) is 4.79 Å². The first-order valence-corrected chi connectivity index (χ1v) is 9.40. The number of phenols is 1. The lowest BCUT2D eigenvalue weighted by molar-refractivity contribution is -0.144. The number of phenolic OH excluding ortho intramolecular Hbond substituents is 1. The third kappa shape index (κ3) is 5.46. The summed E-state index contributed by atoms with van der Waals surface area (Å²) in [4.78, 5) is 23.1. The lowest BCUT2D eigenvalue weighted by Crippen LogP contribution is -2.23. The van der Waals surface area contributed by atoms with Crippen LogP contribution < -0.4 is 14.9 Å². The molecule has 0 radical (unpaired) electrons. The Kier molecular flexibility index (Phi) is 7.41. The second kappa shape index (κ2) is 9.56. The smallest absolute Gasteiger partial charge is 0.344 e. The first-order valence-electron chi connectivity index (χ1n) is 7.81. The molecular formula is C18H16Br2N2O6. The first-order chi connectivity index (χ1) is 13.2. The van der Waals surface area contributed by atoms with E-state index in [1.807, 2.05) is 0 Å². The van der Waals surface area contributed by atoms with Crippen LogP contribution in [0.4, 0.5) is 0 Å². The average Bonchev–Trinajstić information content (AvgIpc) is 2.66. The Morgan fingerprint density at radius 2 is 1.82 bits per heavy atom. The highest BCUT2D eigenvalue weighted by molar-refractivity contribution is 9.11. The summed E-state index contributed by atoms with van der Waals surface area (Å²) in [6.07, 6.45) is 0.367. The zero-order valence-corrected chi connectivity index (χ0v) is 17.9. The van der Waals surface area contributed by atoms with Gasteiger partial charge in [0.25, 0.3) is 5.91 Å². The van der Waals surface area contributed by atoms with Gasteiger partial charge in [0.1, 0.15) is 5.75 Å². The lowest BCUT2D eigenvalue weighted by Gasteiger charge is -2.14. The second-order valence-electron chi connectivity index (χ2n) is 5.50. The highest BCUT2D eigenvalue weighted by Crippen LogP contribution is 2.33. The summed E-state index contributed by atoms with van der Waals surface area (Å²) in [7, 11) is 1.43. The number of carboxylic acids is 1. The molecule has 0 aliphatic rings. The van der Waals surface area contributed by atoms with Gasteiger partial charge in [-0.1, -0.05) is 0 Å². The van der Waals surface area contributed by atoms with Gasteiger partial charge in [0.2, 0.25) is 0 Å². The molecule has 0 aromatic heterocycles. The van der Waals surface area contributed by atoms with Gasteiger partial charge in [0, 0.05) is 5.56 Å². The zero-order valence-electron chi connectivity index (χ0n) is 14.8. The number of halogens is 2. The minimum Gasteiger partial charge on any atom is -0.506 e. The van der Waals surface area contributed by atoms with Crippen molar-refractivity contribution in [1.29, 1.82) is 0 Å². The van der Waals surface area contributed by atoms with Gasteiger partial charge in [-0.2, -0.15) is 5.10 Å². The highest BCUT2D eigenvalue weighted by atomic mass is 79.9. The monoisotopic (exact) mass is 514 g/mol. The number of amides is 1. The zero-order chi connectivity index (χ0) is 20.8. The summed E-state index contributed by atoms with van der Waals surface area (Å²) in [5, 5.41) is 22.5. The number of rotatable bonds is 7. The van der Waals surface area contributed by atoms with Crippen LogP contribution in [0.15, 0.2) is 44.4 Å². The predicted octanol–water partition coefficient (Wildman–Crippen LogP) is 3.54. The molecule has 0 bridgehead atoms. The van der Waals surface area contributed by atoms with Crippen LogP contribution in [0.25, 0.3) is 0 Å². The highest BCUT2D eigenvalue weighted by Gasteiger charge is 2.15. The number of methoxy groups -OCH3 is 1. The first kappa shape index (κ1) is 21.7. The van der Waals surface area contributed by atoms with Crippen LogP contribution in [-0.4, -0.2) is 41.5 Å². The van der Waals surface area contributed by atoms with E-state index in [4.69, 9.17) is 14.6 Å². The quantitative estimate of drug-likeness (QED) is 0.383. The average molecular weight is 516 g/mol. The van der Waals surface area contributed by atoms with Crippen molar-refractivity contribution in [3.63, 3.8) is 0 Å². The van der Waals surface area contributed by atoms with Crippen LogP contribution in [0.1, 0.15) is 22.8 Å². The maximum atomic E-state index is 12.2. The lowest BCUT2D eigenvalue weighted by atomic mass is 10.2. The van der Waals surface area contributed by atoms with Crippen LogP contribution in [0.3, 0.4) is 0 Å². The number of hydrogen-bond donors (Lipinski definition) is 3. The Balaban J connectivity index is 2.09. The number of nitrogens with one attached hydrogen (secondary N) is 1. The van der Waals surface area contributed by atoms with Gasteiger partial charge in [-0.15, -0.1) is 0 Å². The van der Waals surface area contributed by atoms with Crippen molar-refractivity contribution in [2.45, 2.75) is 13.0 Å². The van der Waals surface area contributed by atoms with E-state index in [0.717, 1.165) is 0 Å². The Morgan fingerprint density at radius 3 is 2.39 bits per heavy atom. The molecule has 0 spiro atoms. The number of nitrogens with zero attached hydrogens (tertiary/aromatic N) is 1. The largest absolute Gasteiger partial charge is 0.506 e. The predicted molar refractivity (Wildman–Crippen MR) is 109 cm³/mol. The minimum atomic E-state index is -1.09. The van der Waals surface area contributed by atoms with Crippen molar-refractivity contribution in [3.8, 4) is 17.2 Å². The fourth-order valence-electron chi connectivity index (χ4n) is 2.03. The number of aliphatic carboxylic acids is 1. The summed E-state index contributed by atoms with van der Waals surface area (Å²) in [5.41, 5.74) is 3.27. The molecule has 0 unspecified atom stereocenters.